The molecule has 0 aliphatic heterocycles. The third-order valence-corrected chi connectivity index (χ3v) is 4.60. The number of carboxylic acids is 1. The van der Waals surface area contributed by atoms with E-state index >= 15 is 0 Å². The fraction of sp³-hybridized carbons (Fsp3) is 0.263. The lowest BCUT2D eigenvalue weighted by Crippen LogP contribution is -2.14. The highest BCUT2D eigenvalue weighted by Crippen LogP contribution is 2.19. The second-order valence-corrected chi connectivity index (χ2v) is 6.84. The zero-order valence-electron chi connectivity index (χ0n) is 13.8. The van der Waals surface area contributed by atoms with Crippen LogP contribution in [-0.4, -0.2) is 22.7 Å². The molecule has 126 valence electrons. The van der Waals surface area contributed by atoms with Crippen LogP contribution in [0.25, 0.3) is 0 Å². The van der Waals surface area contributed by atoms with Crippen molar-refractivity contribution in [1.82, 2.24) is 0 Å². The Kier molecular flexibility index (Phi) is 6.44. The van der Waals surface area contributed by atoms with Gasteiger partial charge in [-0.1, -0.05) is 36.8 Å². The van der Waals surface area contributed by atoms with Crippen molar-refractivity contribution in [2.75, 3.05) is 11.1 Å². The summed E-state index contributed by atoms with van der Waals surface area (Å²) in [5.74, 6) is -0.940. The Hall–Kier alpha value is -2.27. The molecule has 0 radical (unpaired) electrons. The van der Waals surface area contributed by atoms with Gasteiger partial charge in [0, 0.05) is 10.6 Å². The molecule has 0 fully saturated rings. The Labute approximate surface area is 146 Å². The van der Waals surface area contributed by atoms with Crippen molar-refractivity contribution in [2.24, 2.45) is 5.92 Å². The maximum atomic E-state index is 12.0. The third-order valence-electron chi connectivity index (χ3n) is 3.59. The van der Waals surface area contributed by atoms with E-state index in [2.05, 4.69) is 5.32 Å². The van der Waals surface area contributed by atoms with E-state index in [-0.39, 0.29) is 5.91 Å². The maximum Gasteiger partial charge on any atom is 0.306 e. The number of amides is 1. The van der Waals surface area contributed by atoms with Gasteiger partial charge in [-0.25, -0.2) is 0 Å². The number of hydrogen-bond donors (Lipinski definition) is 2. The summed E-state index contributed by atoms with van der Waals surface area (Å²) in [6.45, 7) is 3.71. The summed E-state index contributed by atoms with van der Waals surface area (Å²) < 4.78 is 0. The van der Waals surface area contributed by atoms with Gasteiger partial charge in [0.1, 0.15) is 0 Å². The summed E-state index contributed by atoms with van der Waals surface area (Å²) in [6.07, 6.45) is 0.479. The highest BCUT2D eigenvalue weighted by molar-refractivity contribution is 8.00. The molecule has 0 aliphatic rings. The van der Waals surface area contributed by atoms with Crippen molar-refractivity contribution in [2.45, 2.75) is 25.2 Å². The van der Waals surface area contributed by atoms with Crippen molar-refractivity contribution in [3.05, 3.63) is 59.7 Å². The van der Waals surface area contributed by atoms with E-state index in [1.165, 1.54) is 17.3 Å². The smallest absolute Gasteiger partial charge is 0.306 e. The van der Waals surface area contributed by atoms with Crippen molar-refractivity contribution in [3.63, 3.8) is 0 Å². The summed E-state index contributed by atoms with van der Waals surface area (Å²) in [4.78, 5) is 23.9. The van der Waals surface area contributed by atoms with Gasteiger partial charge in [-0.2, -0.15) is 0 Å². The summed E-state index contributed by atoms with van der Waals surface area (Å²) >= 11 is 1.49. The van der Waals surface area contributed by atoms with Crippen LogP contribution in [0.1, 0.15) is 18.1 Å². The molecular formula is C19H21NO3S. The largest absolute Gasteiger partial charge is 0.481 e. The number of carboxylic acid groups (broad SMARTS) is 1. The topological polar surface area (TPSA) is 66.4 Å². The van der Waals surface area contributed by atoms with E-state index in [0.29, 0.717) is 12.2 Å². The Morgan fingerprint density at radius 1 is 1.08 bits per heavy atom. The highest BCUT2D eigenvalue weighted by Gasteiger charge is 2.11. The number of thioether (sulfide) groups is 1. The second-order valence-electron chi connectivity index (χ2n) is 5.79. The first-order valence-corrected chi connectivity index (χ1v) is 8.73. The Balaban J connectivity index is 1.83. The Morgan fingerprint density at radius 2 is 1.71 bits per heavy atom. The number of anilines is 1. The molecule has 0 spiro atoms. The van der Waals surface area contributed by atoms with Crippen LogP contribution in [0.2, 0.25) is 0 Å². The number of aryl methyl sites for hydroxylation is 1. The van der Waals surface area contributed by atoms with Gasteiger partial charge in [-0.3, -0.25) is 9.59 Å². The predicted molar refractivity (Wildman–Crippen MR) is 97.5 cm³/mol. The summed E-state index contributed by atoms with van der Waals surface area (Å²) in [7, 11) is 0. The molecule has 0 saturated carbocycles. The SMILES string of the molecule is Cc1ccc(SCC(=O)Nc2ccc(CC(C)C(=O)O)cc2)cc1. The van der Waals surface area contributed by atoms with Gasteiger partial charge in [0.25, 0.3) is 0 Å². The van der Waals surface area contributed by atoms with E-state index in [9.17, 15) is 9.59 Å². The van der Waals surface area contributed by atoms with E-state index in [0.717, 1.165) is 16.1 Å². The fourth-order valence-electron chi connectivity index (χ4n) is 2.15. The first-order chi connectivity index (χ1) is 11.4. The first kappa shape index (κ1) is 18.1. The number of rotatable bonds is 7. The van der Waals surface area contributed by atoms with Gasteiger partial charge in [0.05, 0.1) is 11.7 Å². The van der Waals surface area contributed by atoms with Crippen LogP contribution in [0.5, 0.6) is 0 Å². The molecule has 5 heteroatoms. The van der Waals surface area contributed by atoms with E-state index < -0.39 is 11.9 Å². The average molecular weight is 343 g/mol. The molecule has 1 atom stereocenters. The summed E-state index contributed by atoms with van der Waals surface area (Å²) in [6, 6.07) is 15.4. The van der Waals surface area contributed by atoms with Crippen LogP contribution >= 0.6 is 11.8 Å². The molecular weight excluding hydrogens is 322 g/mol. The first-order valence-electron chi connectivity index (χ1n) is 7.75. The van der Waals surface area contributed by atoms with Gasteiger partial charge < -0.3 is 10.4 Å². The van der Waals surface area contributed by atoms with Gasteiger partial charge >= 0.3 is 5.97 Å². The number of aliphatic carboxylic acids is 1. The van der Waals surface area contributed by atoms with Crippen LogP contribution < -0.4 is 5.32 Å². The van der Waals surface area contributed by atoms with Crippen molar-refractivity contribution in [3.8, 4) is 0 Å². The summed E-state index contributed by atoms with van der Waals surface area (Å²) in [5, 5.41) is 11.8. The monoisotopic (exact) mass is 343 g/mol. The number of benzene rings is 2. The van der Waals surface area contributed by atoms with E-state index in [1.54, 1.807) is 19.1 Å². The molecule has 2 N–H and O–H groups in total. The Bertz CT molecular complexity index is 696. The van der Waals surface area contributed by atoms with Crippen LogP contribution in [0, 0.1) is 12.8 Å². The van der Waals surface area contributed by atoms with Crippen LogP contribution in [-0.2, 0) is 16.0 Å². The number of nitrogens with one attached hydrogen (secondary N) is 1. The zero-order valence-corrected chi connectivity index (χ0v) is 14.6. The summed E-state index contributed by atoms with van der Waals surface area (Å²) in [5.41, 5.74) is 2.86. The van der Waals surface area contributed by atoms with Gasteiger partial charge in [0.15, 0.2) is 0 Å². The molecule has 1 unspecified atom stereocenters. The maximum absolute atomic E-state index is 12.0. The van der Waals surface area contributed by atoms with Crippen LogP contribution in [0.4, 0.5) is 5.69 Å². The normalized spacial score (nSPS) is 11.8. The van der Waals surface area contributed by atoms with Crippen molar-refractivity contribution in [1.29, 1.82) is 0 Å². The molecule has 0 bridgehead atoms. The molecule has 1 amide bonds. The van der Waals surface area contributed by atoms with Crippen molar-refractivity contribution < 1.29 is 14.7 Å². The lowest BCUT2D eigenvalue weighted by molar-refractivity contribution is -0.141. The predicted octanol–water partition coefficient (Wildman–Crippen LogP) is 3.99. The number of hydrogen-bond acceptors (Lipinski definition) is 3. The minimum Gasteiger partial charge on any atom is -0.481 e. The fourth-order valence-corrected chi connectivity index (χ4v) is 2.84. The number of carbonyl (C=O) groups is 2. The molecule has 0 aromatic heterocycles. The zero-order chi connectivity index (χ0) is 17.5. The molecule has 2 rings (SSSR count). The number of carbonyl (C=O) groups excluding carboxylic acids is 1. The molecule has 0 heterocycles. The van der Waals surface area contributed by atoms with Gasteiger partial charge in [0.2, 0.25) is 5.91 Å². The molecule has 4 nitrogen and oxygen atoms in total. The van der Waals surface area contributed by atoms with Crippen LogP contribution in [0.3, 0.4) is 0 Å². The molecule has 0 saturated heterocycles. The minimum absolute atomic E-state index is 0.0628. The third kappa shape index (κ3) is 5.74. The average Bonchev–Trinajstić information content (AvgIpc) is 2.56. The Morgan fingerprint density at radius 3 is 2.29 bits per heavy atom. The lowest BCUT2D eigenvalue weighted by atomic mass is 10.0. The highest BCUT2D eigenvalue weighted by atomic mass is 32.2. The quantitative estimate of drug-likeness (QED) is 0.746. The van der Waals surface area contributed by atoms with E-state index in [4.69, 9.17) is 5.11 Å². The standard InChI is InChI=1S/C19H21NO3S/c1-13-3-9-17(10-4-13)24-12-18(21)20-16-7-5-15(6-8-16)11-14(2)19(22)23/h3-10,14H,11-12H2,1-2H3,(H,20,21)(H,22,23). The molecule has 0 aliphatic carbocycles. The van der Waals surface area contributed by atoms with Crippen molar-refractivity contribution >= 4 is 29.3 Å². The van der Waals surface area contributed by atoms with Gasteiger partial charge in [-0.05, 0) is 43.2 Å². The van der Waals surface area contributed by atoms with Gasteiger partial charge in [-0.15, -0.1) is 11.8 Å². The van der Waals surface area contributed by atoms with E-state index in [1.807, 2.05) is 43.3 Å². The molecule has 2 aromatic carbocycles. The molecule has 24 heavy (non-hydrogen) atoms. The molecule has 2 aromatic rings. The lowest BCUT2D eigenvalue weighted by Gasteiger charge is -2.08. The van der Waals surface area contributed by atoms with Crippen LogP contribution in [0.15, 0.2) is 53.4 Å². The minimum atomic E-state index is -0.805. The second kappa shape index (κ2) is 8.55.